The first-order valence-electron chi connectivity index (χ1n) is 6.09. The van der Waals surface area contributed by atoms with Gasteiger partial charge in [-0.3, -0.25) is 4.79 Å². The van der Waals surface area contributed by atoms with Crippen molar-refractivity contribution in [1.82, 2.24) is 5.32 Å². The van der Waals surface area contributed by atoms with Crippen LogP contribution in [0.4, 0.5) is 0 Å². The molecule has 7 heteroatoms. The highest BCUT2D eigenvalue weighted by Gasteiger charge is 2.04. The Balaban J connectivity index is 0.00000361. The normalized spacial score (nSPS) is 11.3. The van der Waals surface area contributed by atoms with Crippen molar-refractivity contribution in [2.24, 2.45) is 5.73 Å². The largest absolute Gasteiger partial charge is 0.493 e. The van der Waals surface area contributed by atoms with Crippen LogP contribution in [0.3, 0.4) is 0 Å². The summed E-state index contributed by atoms with van der Waals surface area (Å²) in [6.45, 7) is 2.97. The maximum absolute atomic E-state index is 11.2. The number of carbonyl (C=O) groups excluding carboxylic acids is 1. The van der Waals surface area contributed by atoms with Crippen molar-refractivity contribution < 1.29 is 9.53 Å². The third-order valence-electron chi connectivity index (χ3n) is 2.25. The van der Waals surface area contributed by atoms with Crippen molar-refractivity contribution >= 4 is 46.0 Å². The van der Waals surface area contributed by atoms with Crippen LogP contribution in [-0.4, -0.2) is 36.6 Å². The highest BCUT2D eigenvalue weighted by molar-refractivity contribution is 9.10. The molecule has 0 heterocycles. The maximum atomic E-state index is 11.2. The number of hydrogen-bond acceptors (Lipinski definition) is 4. The molecule has 20 heavy (non-hydrogen) atoms. The summed E-state index contributed by atoms with van der Waals surface area (Å²) in [7, 11) is 0. The summed E-state index contributed by atoms with van der Waals surface area (Å²) in [5.74, 6) is 2.51. The third-order valence-corrected chi connectivity index (χ3v) is 3.69. The van der Waals surface area contributed by atoms with Gasteiger partial charge < -0.3 is 15.8 Å². The third kappa shape index (κ3) is 8.68. The minimum atomic E-state index is -0.440. The molecular weight excluding hydrogens is 364 g/mol. The van der Waals surface area contributed by atoms with Crippen LogP contribution in [-0.2, 0) is 4.79 Å². The number of carbonyl (C=O) groups is 1. The van der Waals surface area contributed by atoms with Gasteiger partial charge in [-0.15, -0.1) is 12.4 Å². The Bertz CT molecular complexity index is 408. The van der Waals surface area contributed by atoms with Crippen LogP contribution in [0.25, 0.3) is 0 Å². The summed E-state index contributed by atoms with van der Waals surface area (Å²) in [5, 5.41) is 2.77. The Labute approximate surface area is 138 Å². The van der Waals surface area contributed by atoms with E-state index in [1.165, 1.54) is 0 Å². The Morgan fingerprint density at radius 2 is 2.25 bits per heavy atom. The topological polar surface area (TPSA) is 64.4 Å². The monoisotopic (exact) mass is 382 g/mol. The predicted octanol–water partition coefficient (Wildman–Crippen LogP) is 2.45. The molecule has 0 aromatic heterocycles. The molecule has 0 fully saturated rings. The van der Waals surface area contributed by atoms with Crippen molar-refractivity contribution in [2.75, 3.05) is 24.7 Å². The van der Waals surface area contributed by atoms with Gasteiger partial charge in [0.25, 0.3) is 0 Å². The molecule has 1 rings (SSSR count). The molecule has 0 saturated carbocycles. The second-order valence-electron chi connectivity index (χ2n) is 4.00. The summed E-state index contributed by atoms with van der Waals surface area (Å²) in [6, 6.07) is 7.33. The van der Waals surface area contributed by atoms with E-state index < -0.39 is 6.04 Å². The number of hydrogen-bond donors (Lipinski definition) is 2. The van der Waals surface area contributed by atoms with E-state index in [0.29, 0.717) is 13.2 Å². The molecule has 0 aliphatic heterocycles. The van der Waals surface area contributed by atoms with Gasteiger partial charge in [0, 0.05) is 22.5 Å². The molecule has 0 radical (unpaired) electrons. The van der Waals surface area contributed by atoms with E-state index in [0.717, 1.165) is 21.7 Å². The molecule has 1 atom stereocenters. The van der Waals surface area contributed by atoms with Crippen molar-refractivity contribution in [1.29, 1.82) is 0 Å². The van der Waals surface area contributed by atoms with Crippen LogP contribution < -0.4 is 15.8 Å². The lowest BCUT2D eigenvalue weighted by Crippen LogP contribution is -2.39. The van der Waals surface area contributed by atoms with E-state index in [9.17, 15) is 4.79 Å². The summed E-state index contributed by atoms with van der Waals surface area (Å²) < 4.78 is 6.60. The molecule has 0 saturated heterocycles. The van der Waals surface area contributed by atoms with Gasteiger partial charge in [0.2, 0.25) is 5.91 Å². The van der Waals surface area contributed by atoms with Gasteiger partial charge in [-0.2, -0.15) is 11.8 Å². The Morgan fingerprint density at radius 1 is 1.50 bits per heavy atom. The quantitative estimate of drug-likeness (QED) is 0.677. The number of rotatable bonds is 8. The first-order valence-corrected chi connectivity index (χ1v) is 8.04. The summed E-state index contributed by atoms with van der Waals surface area (Å²) >= 11 is 5.13. The number of halogens is 2. The van der Waals surface area contributed by atoms with Crippen LogP contribution >= 0.6 is 40.1 Å². The lowest BCUT2D eigenvalue weighted by molar-refractivity contribution is -0.121. The maximum Gasteiger partial charge on any atom is 0.236 e. The highest BCUT2D eigenvalue weighted by Crippen LogP contribution is 2.17. The average molecular weight is 384 g/mol. The van der Waals surface area contributed by atoms with E-state index in [1.807, 2.05) is 24.3 Å². The average Bonchev–Trinajstić information content (AvgIpc) is 2.37. The second kappa shape index (κ2) is 11.3. The number of ether oxygens (including phenoxy) is 1. The van der Waals surface area contributed by atoms with Crippen LogP contribution in [0.15, 0.2) is 28.7 Å². The molecule has 0 aliphatic rings. The fraction of sp³-hybridized carbons (Fsp3) is 0.462. The van der Waals surface area contributed by atoms with Gasteiger partial charge >= 0.3 is 0 Å². The zero-order chi connectivity index (χ0) is 14.1. The Kier molecular flexibility index (Phi) is 11.0. The first kappa shape index (κ1) is 19.6. The van der Waals surface area contributed by atoms with E-state index in [2.05, 4.69) is 21.2 Å². The lowest BCUT2D eigenvalue weighted by Gasteiger charge is -2.08. The van der Waals surface area contributed by atoms with Crippen LogP contribution in [0.2, 0.25) is 0 Å². The van der Waals surface area contributed by atoms with Crippen LogP contribution in [0.1, 0.15) is 6.92 Å². The van der Waals surface area contributed by atoms with E-state index >= 15 is 0 Å². The molecule has 0 unspecified atom stereocenters. The molecule has 0 spiro atoms. The van der Waals surface area contributed by atoms with E-state index in [1.54, 1.807) is 18.7 Å². The second-order valence-corrected chi connectivity index (χ2v) is 6.14. The molecule has 0 bridgehead atoms. The molecule has 1 aromatic rings. The van der Waals surface area contributed by atoms with Gasteiger partial charge in [0.05, 0.1) is 12.6 Å². The van der Waals surface area contributed by atoms with Gasteiger partial charge in [0.1, 0.15) is 5.75 Å². The SMILES string of the molecule is C[C@H](N)C(=O)NCCSCCOc1cccc(Br)c1.Cl. The zero-order valence-corrected chi connectivity index (χ0v) is 14.5. The van der Waals surface area contributed by atoms with E-state index in [4.69, 9.17) is 10.5 Å². The van der Waals surface area contributed by atoms with Gasteiger partial charge in [-0.25, -0.2) is 0 Å². The smallest absolute Gasteiger partial charge is 0.236 e. The molecular formula is C13H20BrClN2O2S. The first-order chi connectivity index (χ1) is 9.09. The van der Waals surface area contributed by atoms with E-state index in [-0.39, 0.29) is 18.3 Å². The van der Waals surface area contributed by atoms with Gasteiger partial charge in [0.15, 0.2) is 0 Å². The minimum Gasteiger partial charge on any atom is -0.493 e. The minimum absolute atomic E-state index is 0. The van der Waals surface area contributed by atoms with Crippen molar-refractivity contribution in [3.8, 4) is 5.75 Å². The van der Waals surface area contributed by atoms with Crippen molar-refractivity contribution in [3.05, 3.63) is 28.7 Å². The molecule has 4 nitrogen and oxygen atoms in total. The predicted molar refractivity (Wildman–Crippen MR) is 90.9 cm³/mol. The van der Waals surface area contributed by atoms with Crippen molar-refractivity contribution in [3.63, 3.8) is 0 Å². The Hall–Kier alpha value is -0.430. The highest BCUT2D eigenvalue weighted by atomic mass is 79.9. The molecule has 1 amide bonds. The Morgan fingerprint density at radius 3 is 2.90 bits per heavy atom. The summed E-state index contributed by atoms with van der Waals surface area (Å²) in [4.78, 5) is 11.2. The number of thioether (sulfide) groups is 1. The molecule has 1 aromatic carbocycles. The molecule has 3 N–H and O–H groups in total. The van der Waals surface area contributed by atoms with Gasteiger partial charge in [-0.05, 0) is 25.1 Å². The number of amides is 1. The van der Waals surface area contributed by atoms with Crippen LogP contribution in [0, 0.1) is 0 Å². The lowest BCUT2D eigenvalue weighted by atomic mass is 10.3. The standard InChI is InChI=1S/C13H19BrN2O2S.ClH/c1-10(15)13(17)16-5-7-19-8-6-18-12-4-2-3-11(14)9-12;/h2-4,9-10H,5-8,15H2,1H3,(H,16,17);1H/t10-;/m0./s1. The number of benzene rings is 1. The number of nitrogens with one attached hydrogen (secondary N) is 1. The van der Waals surface area contributed by atoms with Crippen molar-refractivity contribution in [2.45, 2.75) is 13.0 Å². The summed E-state index contributed by atoms with van der Waals surface area (Å²) in [6.07, 6.45) is 0. The molecule has 114 valence electrons. The molecule has 0 aliphatic carbocycles. The van der Waals surface area contributed by atoms with Crippen LogP contribution in [0.5, 0.6) is 5.75 Å². The summed E-state index contributed by atoms with van der Waals surface area (Å²) in [5.41, 5.74) is 5.43. The van der Waals surface area contributed by atoms with Gasteiger partial charge in [-0.1, -0.05) is 22.0 Å². The fourth-order valence-electron chi connectivity index (χ4n) is 1.28. The zero-order valence-electron chi connectivity index (χ0n) is 11.3. The number of nitrogens with two attached hydrogens (primary N) is 1. The fourth-order valence-corrected chi connectivity index (χ4v) is 2.31.